The zero-order valence-corrected chi connectivity index (χ0v) is 15.4. The molecule has 0 aromatic carbocycles. The summed E-state index contributed by atoms with van der Waals surface area (Å²) in [5.74, 6) is 4.12. The molecule has 0 aliphatic heterocycles. The minimum atomic E-state index is 0.495. The van der Waals surface area contributed by atoms with Crippen LogP contribution in [0.2, 0.25) is 0 Å². The highest BCUT2D eigenvalue weighted by Gasteiger charge is 2.33. The third kappa shape index (κ3) is 4.85. The van der Waals surface area contributed by atoms with Gasteiger partial charge in [0, 0.05) is 6.61 Å². The highest BCUT2D eigenvalue weighted by atomic mass is 16.5. The van der Waals surface area contributed by atoms with Crippen molar-refractivity contribution in [3.8, 4) is 0 Å². The Kier molecular flexibility index (Phi) is 7.47. The van der Waals surface area contributed by atoms with Crippen molar-refractivity contribution in [3.63, 3.8) is 0 Å². The first-order valence-corrected chi connectivity index (χ1v) is 9.95. The molecule has 4 unspecified atom stereocenters. The Morgan fingerprint density at radius 2 is 1.59 bits per heavy atom. The Bertz CT molecular complexity index is 327. The topological polar surface area (TPSA) is 9.23 Å². The van der Waals surface area contributed by atoms with E-state index in [0.717, 1.165) is 30.3 Å². The van der Waals surface area contributed by atoms with Crippen LogP contribution in [-0.2, 0) is 4.74 Å². The average molecular weight is 307 g/mol. The van der Waals surface area contributed by atoms with E-state index in [4.69, 9.17) is 4.74 Å². The normalized spacial score (nSPS) is 40.2. The van der Waals surface area contributed by atoms with Crippen molar-refractivity contribution in [2.75, 3.05) is 6.61 Å². The molecule has 2 rings (SSSR count). The molecule has 0 bridgehead atoms. The zero-order valence-electron chi connectivity index (χ0n) is 15.4. The van der Waals surface area contributed by atoms with Gasteiger partial charge in [0.25, 0.3) is 0 Å². The van der Waals surface area contributed by atoms with E-state index in [0.29, 0.717) is 12.0 Å². The fourth-order valence-electron chi connectivity index (χ4n) is 4.71. The third-order valence-electron chi connectivity index (χ3n) is 6.48. The lowest BCUT2D eigenvalue weighted by atomic mass is 9.71. The van der Waals surface area contributed by atoms with Gasteiger partial charge < -0.3 is 4.74 Å². The van der Waals surface area contributed by atoms with Crippen LogP contribution in [0.4, 0.5) is 0 Å². The molecule has 0 radical (unpaired) electrons. The number of ether oxygens (including phenoxy) is 1. The van der Waals surface area contributed by atoms with Crippen molar-refractivity contribution in [3.05, 3.63) is 12.2 Å². The van der Waals surface area contributed by atoms with Gasteiger partial charge in [-0.25, -0.2) is 0 Å². The molecule has 0 amide bonds. The predicted octanol–water partition coefficient (Wildman–Crippen LogP) is 6.24. The van der Waals surface area contributed by atoms with Crippen molar-refractivity contribution in [2.45, 2.75) is 85.2 Å². The van der Waals surface area contributed by atoms with E-state index in [1.807, 2.05) is 0 Å². The standard InChI is InChI=1S/C21H38O/c1-5-7-18-8-10-19(11-9-18)12-13-20-14-15-21(22-6-2)17(4)16(20)3/h12-13,16-21H,5-11,14-15H2,1-4H3. The monoisotopic (exact) mass is 306 g/mol. The van der Waals surface area contributed by atoms with Crippen LogP contribution in [0.1, 0.15) is 79.1 Å². The van der Waals surface area contributed by atoms with E-state index in [-0.39, 0.29) is 0 Å². The maximum atomic E-state index is 5.92. The molecule has 2 fully saturated rings. The molecule has 0 saturated heterocycles. The lowest BCUT2D eigenvalue weighted by molar-refractivity contribution is -0.0286. The second-order valence-corrected chi connectivity index (χ2v) is 7.91. The molecule has 1 heteroatoms. The minimum Gasteiger partial charge on any atom is -0.378 e. The molecule has 0 heterocycles. The van der Waals surface area contributed by atoms with Crippen LogP contribution in [-0.4, -0.2) is 12.7 Å². The largest absolute Gasteiger partial charge is 0.378 e. The summed E-state index contributed by atoms with van der Waals surface area (Å²) in [6, 6.07) is 0. The fourth-order valence-corrected chi connectivity index (χ4v) is 4.71. The summed E-state index contributed by atoms with van der Waals surface area (Å²) in [4.78, 5) is 0. The lowest BCUT2D eigenvalue weighted by Gasteiger charge is -2.38. The van der Waals surface area contributed by atoms with Gasteiger partial charge in [0.15, 0.2) is 0 Å². The second-order valence-electron chi connectivity index (χ2n) is 7.91. The summed E-state index contributed by atoms with van der Waals surface area (Å²) in [5, 5.41) is 0. The summed E-state index contributed by atoms with van der Waals surface area (Å²) in [6.45, 7) is 10.1. The van der Waals surface area contributed by atoms with Crippen LogP contribution < -0.4 is 0 Å². The summed E-state index contributed by atoms with van der Waals surface area (Å²) in [5.41, 5.74) is 0. The zero-order chi connectivity index (χ0) is 15.9. The first-order chi connectivity index (χ1) is 10.7. The van der Waals surface area contributed by atoms with Crippen molar-refractivity contribution >= 4 is 0 Å². The van der Waals surface area contributed by atoms with Crippen molar-refractivity contribution in [2.24, 2.45) is 29.6 Å². The molecule has 2 aliphatic carbocycles. The van der Waals surface area contributed by atoms with Crippen molar-refractivity contribution in [1.82, 2.24) is 0 Å². The molecular formula is C21H38O. The van der Waals surface area contributed by atoms with Crippen LogP contribution in [0.3, 0.4) is 0 Å². The Hall–Kier alpha value is -0.300. The Morgan fingerprint density at radius 1 is 0.864 bits per heavy atom. The van der Waals surface area contributed by atoms with E-state index in [1.54, 1.807) is 0 Å². The SMILES string of the molecule is CCCC1CCC(C=CC2CCC(OCC)C(C)C2C)CC1. The molecule has 2 aliphatic rings. The van der Waals surface area contributed by atoms with E-state index in [2.05, 4.69) is 39.8 Å². The lowest BCUT2D eigenvalue weighted by Crippen LogP contribution is -2.36. The third-order valence-corrected chi connectivity index (χ3v) is 6.48. The van der Waals surface area contributed by atoms with Crippen molar-refractivity contribution < 1.29 is 4.74 Å². The van der Waals surface area contributed by atoms with Crippen LogP contribution in [0.5, 0.6) is 0 Å². The fraction of sp³-hybridized carbons (Fsp3) is 0.905. The Labute approximate surface area is 138 Å². The van der Waals surface area contributed by atoms with Gasteiger partial charge >= 0.3 is 0 Å². The predicted molar refractivity (Wildman–Crippen MR) is 96.0 cm³/mol. The number of rotatable bonds is 6. The van der Waals surface area contributed by atoms with E-state index >= 15 is 0 Å². The van der Waals surface area contributed by atoms with Crippen molar-refractivity contribution in [1.29, 1.82) is 0 Å². The summed E-state index contributed by atoms with van der Waals surface area (Å²) < 4.78 is 5.92. The quantitative estimate of drug-likeness (QED) is 0.528. The summed E-state index contributed by atoms with van der Waals surface area (Å²) >= 11 is 0. The maximum Gasteiger partial charge on any atom is 0.0603 e. The molecular weight excluding hydrogens is 268 g/mol. The van der Waals surface area contributed by atoms with Gasteiger partial charge in [-0.2, -0.15) is 0 Å². The Morgan fingerprint density at radius 3 is 2.23 bits per heavy atom. The highest BCUT2D eigenvalue weighted by molar-refractivity contribution is 4.99. The summed E-state index contributed by atoms with van der Waals surface area (Å²) in [6.07, 6.45) is 16.8. The molecule has 0 N–H and O–H groups in total. The highest BCUT2D eigenvalue weighted by Crippen LogP contribution is 2.38. The van der Waals surface area contributed by atoms with E-state index < -0.39 is 0 Å². The number of allylic oxidation sites excluding steroid dienone is 2. The first kappa shape index (κ1) is 18.0. The molecule has 22 heavy (non-hydrogen) atoms. The number of hydrogen-bond acceptors (Lipinski definition) is 1. The van der Waals surface area contributed by atoms with Gasteiger partial charge in [0.1, 0.15) is 0 Å². The van der Waals surface area contributed by atoms with Gasteiger partial charge in [-0.05, 0) is 75.0 Å². The number of hydrogen-bond donors (Lipinski definition) is 0. The molecule has 0 spiro atoms. The smallest absolute Gasteiger partial charge is 0.0603 e. The van der Waals surface area contributed by atoms with Gasteiger partial charge in [-0.1, -0.05) is 45.8 Å². The molecule has 0 aromatic heterocycles. The molecule has 128 valence electrons. The van der Waals surface area contributed by atoms with Crippen LogP contribution in [0.25, 0.3) is 0 Å². The first-order valence-electron chi connectivity index (χ1n) is 9.95. The van der Waals surface area contributed by atoms with Crippen LogP contribution in [0, 0.1) is 29.6 Å². The van der Waals surface area contributed by atoms with Crippen LogP contribution in [0.15, 0.2) is 12.2 Å². The van der Waals surface area contributed by atoms with Crippen LogP contribution >= 0.6 is 0 Å². The molecule has 2 saturated carbocycles. The molecule has 0 aromatic rings. The van der Waals surface area contributed by atoms with Gasteiger partial charge in [-0.15, -0.1) is 0 Å². The van der Waals surface area contributed by atoms with E-state index in [1.165, 1.54) is 51.4 Å². The van der Waals surface area contributed by atoms with Gasteiger partial charge in [0.2, 0.25) is 0 Å². The van der Waals surface area contributed by atoms with Gasteiger partial charge in [0.05, 0.1) is 6.10 Å². The second kappa shape index (κ2) is 9.11. The Balaban J connectivity index is 1.79. The average Bonchev–Trinajstić information content (AvgIpc) is 2.53. The summed E-state index contributed by atoms with van der Waals surface area (Å²) in [7, 11) is 0. The maximum absolute atomic E-state index is 5.92. The van der Waals surface area contributed by atoms with Gasteiger partial charge in [-0.3, -0.25) is 0 Å². The molecule has 4 atom stereocenters. The van der Waals surface area contributed by atoms with E-state index in [9.17, 15) is 0 Å². The molecule has 1 nitrogen and oxygen atoms in total. The minimum absolute atomic E-state index is 0.495.